The molecule has 0 heterocycles. The first kappa shape index (κ1) is 17.4. The average Bonchev–Trinajstić information content (AvgIpc) is 2.40. The molecule has 0 radical (unpaired) electrons. The van der Waals surface area contributed by atoms with Gasteiger partial charge < -0.3 is 0 Å². The van der Waals surface area contributed by atoms with E-state index in [-0.39, 0.29) is 0 Å². The van der Waals surface area contributed by atoms with Crippen LogP contribution in [-0.2, 0) is 0 Å². The average molecular weight is 256 g/mol. The summed E-state index contributed by atoms with van der Waals surface area (Å²) < 4.78 is 0. The van der Waals surface area contributed by atoms with E-state index in [0.717, 1.165) is 0 Å². The molecule has 1 atom stereocenters. The van der Waals surface area contributed by atoms with Crippen molar-refractivity contribution in [3.8, 4) is 0 Å². The molecular weight excluding hydrogens is 228 g/mol. The summed E-state index contributed by atoms with van der Waals surface area (Å²) in [5.41, 5.74) is 4.03. The second-order valence-corrected chi connectivity index (χ2v) is 5.11. The molecule has 0 aliphatic heterocycles. The Labute approximate surface area is 119 Å². The molecule has 0 amide bonds. The SMILES string of the molecule is C=C.CC(C)=CCCC(C)/C=C/c1ccc(C)cc1. The Morgan fingerprint density at radius 2 is 1.74 bits per heavy atom. The number of benzene rings is 1. The molecule has 1 aromatic rings. The molecular formula is C19H28. The van der Waals surface area contributed by atoms with Gasteiger partial charge in [0.15, 0.2) is 0 Å². The van der Waals surface area contributed by atoms with Crippen LogP contribution in [0.3, 0.4) is 0 Å². The predicted octanol–water partition coefficient (Wildman–Crippen LogP) is 6.19. The van der Waals surface area contributed by atoms with Crippen LogP contribution in [0.25, 0.3) is 6.08 Å². The first-order valence-electron chi connectivity index (χ1n) is 6.96. The van der Waals surface area contributed by atoms with Gasteiger partial charge in [-0.05, 0) is 45.1 Å². The van der Waals surface area contributed by atoms with Gasteiger partial charge in [0.1, 0.15) is 0 Å². The zero-order valence-electron chi connectivity index (χ0n) is 12.9. The largest absolute Gasteiger partial charge is 0.106 e. The lowest BCUT2D eigenvalue weighted by atomic mass is 10.0. The first-order valence-corrected chi connectivity index (χ1v) is 6.96. The van der Waals surface area contributed by atoms with Crippen molar-refractivity contribution in [1.82, 2.24) is 0 Å². The van der Waals surface area contributed by atoms with Gasteiger partial charge in [-0.25, -0.2) is 0 Å². The zero-order chi connectivity index (χ0) is 14.7. The minimum absolute atomic E-state index is 0.645. The van der Waals surface area contributed by atoms with E-state index in [0.29, 0.717) is 5.92 Å². The number of rotatable bonds is 5. The van der Waals surface area contributed by atoms with E-state index in [1.807, 2.05) is 0 Å². The predicted molar refractivity (Wildman–Crippen MR) is 89.3 cm³/mol. The van der Waals surface area contributed by atoms with Crippen LogP contribution in [0.4, 0.5) is 0 Å². The summed E-state index contributed by atoms with van der Waals surface area (Å²) >= 11 is 0. The molecule has 0 N–H and O–H groups in total. The van der Waals surface area contributed by atoms with Gasteiger partial charge in [0.25, 0.3) is 0 Å². The number of hydrogen-bond acceptors (Lipinski definition) is 0. The summed E-state index contributed by atoms with van der Waals surface area (Å²) in [4.78, 5) is 0. The molecule has 0 saturated carbocycles. The van der Waals surface area contributed by atoms with Crippen molar-refractivity contribution in [3.63, 3.8) is 0 Å². The summed E-state index contributed by atoms with van der Waals surface area (Å²) in [6.07, 6.45) is 9.27. The summed E-state index contributed by atoms with van der Waals surface area (Å²) in [7, 11) is 0. The second-order valence-electron chi connectivity index (χ2n) is 5.11. The van der Waals surface area contributed by atoms with Crippen LogP contribution in [0.15, 0.2) is 55.1 Å². The van der Waals surface area contributed by atoms with E-state index in [2.05, 4.69) is 83.3 Å². The van der Waals surface area contributed by atoms with Crippen molar-refractivity contribution in [2.45, 2.75) is 40.5 Å². The molecule has 0 bridgehead atoms. The lowest BCUT2D eigenvalue weighted by molar-refractivity contribution is 0.659. The molecule has 19 heavy (non-hydrogen) atoms. The van der Waals surface area contributed by atoms with Gasteiger partial charge in [0, 0.05) is 0 Å². The van der Waals surface area contributed by atoms with Crippen LogP contribution in [-0.4, -0.2) is 0 Å². The Hall–Kier alpha value is -1.56. The highest BCUT2D eigenvalue weighted by molar-refractivity contribution is 5.49. The Bertz CT molecular complexity index is 389. The van der Waals surface area contributed by atoms with Gasteiger partial charge in [-0.2, -0.15) is 0 Å². The van der Waals surface area contributed by atoms with Gasteiger partial charge in [0.05, 0.1) is 0 Å². The standard InChI is InChI=1S/C17H24.C2H4/c1-14(2)6-5-7-15(3)8-11-17-12-9-16(4)10-13-17;1-2/h6,8-13,15H,5,7H2,1-4H3;1-2H2/b11-8+;. The fourth-order valence-electron chi connectivity index (χ4n) is 1.68. The Balaban J connectivity index is 0.00000154. The van der Waals surface area contributed by atoms with E-state index in [1.165, 1.54) is 29.5 Å². The molecule has 0 heteroatoms. The van der Waals surface area contributed by atoms with E-state index < -0.39 is 0 Å². The Morgan fingerprint density at radius 3 is 2.26 bits per heavy atom. The molecule has 1 aromatic carbocycles. The van der Waals surface area contributed by atoms with Gasteiger partial charge in [-0.15, -0.1) is 13.2 Å². The van der Waals surface area contributed by atoms with Gasteiger partial charge in [-0.1, -0.05) is 60.6 Å². The van der Waals surface area contributed by atoms with E-state index >= 15 is 0 Å². The first-order chi connectivity index (χ1) is 9.08. The fraction of sp³-hybridized carbons (Fsp3) is 0.368. The third-order valence-electron chi connectivity index (χ3n) is 2.87. The van der Waals surface area contributed by atoms with Gasteiger partial charge >= 0.3 is 0 Å². The lowest BCUT2D eigenvalue weighted by Crippen LogP contribution is -1.88. The van der Waals surface area contributed by atoms with Crippen LogP contribution in [0.1, 0.15) is 44.7 Å². The van der Waals surface area contributed by atoms with Crippen LogP contribution >= 0.6 is 0 Å². The third-order valence-corrected chi connectivity index (χ3v) is 2.87. The molecule has 0 fully saturated rings. The van der Waals surface area contributed by atoms with Gasteiger partial charge in [-0.3, -0.25) is 0 Å². The van der Waals surface area contributed by atoms with Crippen LogP contribution in [0, 0.1) is 12.8 Å². The van der Waals surface area contributed by atoms with Gasteiger partial charge in [0.2, 0.25) is 0 Å². The van der Waals surface area contributed by atoms with Crippen LogP contribution < -0.4 is 0 Å². The maximum absolute atomic E-state index is 3.00. The number of allylic oxidation sites excluding steroid dienone is 3. The molecule has 0 aromatic heterocycles. The minimum atomic E-state index is 0.645. The monoisotopic (exact) mass is 256 g/mol. The summed E-state index contributed by atoms with van der Waals surface area (Å²) in [5.74, 6) is 0.645. The zero-order valence-corrected chi connectivity index (χ0v) is 12.9. The van der Waals surface area contributed by atoms with Crippen molar-refractivity contribution in [1.29, 1.82) is 0 Å². The fourth-order valence-corrected chi connectivity index (χ4v) is 1.68. The topological polar surface area (TPSA) is 0 Å². The normalized spacial score (nSPS) is 11.6. The van der Waals surface area contributed by atoms with E-state index in [9.17, 15) is 0 Å². The molecule has 0 saturated heterocycles. The highest BCUT2D eigenvalue weighted by Gasteiger charge is 1.95. The molecule has 0 aliphatic carbocycles. The maximum Gasteiger partial charge on any atom is -0.0256 e. The second kappa shape index (κ2) is 10.4. The molecule has 0 spiro atoms. The van der Waals surface area contributed by atoms with Crippen molar-refractivity contribution in [2.75, 3.05) is 0 Å². The highest BCUT2D eigenvalue weighted by atomic mass is 14.0. The van der Waals surface area contributed by atoms with E-state index in [4.69, 9.17) is 0 Å². The number of aryl methyl sites for hydroxylation is 1. The smallest absolute Gasteiger partial charge is 0.0256 e. The Kier molecular flexibility index (Phi) is 9.52. The molecule has 0 nitrogen and oxygen atoms in total. The van der Waals surface area contributed by atoms with E-state index in [1.54, 1.807) is 0 Å². The lowest BCUT2D eigenvalue weighted by Gasteiger charge is -2.03. The van der Waals surface area contributed by atoms with Crippen molar-refractivity contribution >= 4 is 6.08 Å². The number of hydrogen-bond donors (Lipinski definition) is 0. The molecule has 1 unspecified atom stereocenters. The van der Waals surface area contributed by atoms with Crippen LogP contribution in [0.2, 0.25) is 0 Å². The quantitative estimate of drug-likeness (QED) is 0.551. The van der Waals surface area contributed by atoms with Crippen molar-refractivity contribution < 1.29 is 0 Å². The maximum atomic E-state index is 3.00. The van der Waals surface area contributed by atoms with Crippen LogP contribution in [0.5, 0.6) is 0 Å². The van der Waals surface area contributed by atoms with Crippen molar-refractivity contribution in [3.05, 3.63) is 66.3 Å². The summed E-state index contributed by atoms with van der Waals surface area (Å²) in [5, 5.41) is 0. The minimum Gasteiger partial charge on any atom is -0.106 e. The third kappa shape index (κ3) is 9.07. The highest BCUT2D eigenvalue weighted by Crippen LogP contribution is 2.12. The Morgan fingerprint density at radius 1 is 1.16 bits per heavy atom. The summed E-state index contributed by atoms with van der Waals surface area (Å²) in [6.45, 7) is 14.7. The van der Waals surface area contributed by atoms with Crippen molar-refractivity contribution in [2.24, 2.45) is 5.92 Å². The summed E-state index contributed by atoms with van der Waals surface area (Å²) in [6, 6.07) is 8.67. The molecule has 0 aliphatic rings. The molecule has 104 valence electrons. The molecule has 1 rings (SSSR count).